The molecule has 0 aliphatic carbocycles. The van der Waals surface area contributed by atoms with Crippen LogP contribution in [0, 0.1) is 11.8 Å². The van der Waals surface area contributed by atoms with Crippen LogP contribution in [0.15, 0.2) is 35.2 Å². The number of thioether (sulfide) groups is 1. The second-order valence-electron chi connectivity index (χ2n) is 5.52. The van der Waals surface area contributed by atoms with Crippen molar-refractivity contribution in [3.8, 4) is 0 Å². The van der Waals surface area contributed by atoms with Gasteiger partial charge in [-0.05, 0) is 31.5 Å². The molecular weight excluding hydrogens is 304 g/mol. The Kier molecular flexibility index (Phi) is 8.15. The zero-order chi connectivity index (χ0) is 14.4. The molecule has 0 radical (unpaired) electrons. The average Bonchev–Trinajstić information content (AvgIpc) is 2.94. The molecule has 0 bridgehead atoms. The summed E-state index contributed by atoms with van der Waals surface area (Å²) in [5.74, 6) is 2.12. The van der Waals surface area contributed by atoms with Crippen LogP contribution in [0.4, 0.5) is 0 Å². The van der Waals surface area contributed by atoms with Gasteiger partial charge in [-0.15, -0.1) is 24.2 Å². The fraction of sp³-hybridized carbons (Fsp3) is 0.562. The molecule has 1 amide bonds. The molecule has 1 saturated heterocycles. The summed E-state index contributed by atoms with van der Waals surface area (Å²) in [4.78, 5) is 15.6. The quantitative estimate of drug-likeness (QED) is 0.815. The van der Waals surface area contributed by atoms with Crippen molar-refractivity contribution >= 4 is 30.1 Å². The minimum atomic E-state index is 0. The van der Waals surface area contributed by atoms with E-state index in [0.29, 0.717) is 11.8 Å². The third-order valence-corrected chi connectivity index (χ3v) is 5.00. The third kappa shape index (κ3) is 5.53. The Morgan fingerprint density at radius 1 is 1.43 bits per heavy atom. The lowest BCUT2D eigenvalue weighted by atomic mass is 10.1. The molecule has 2 rings (SSSR count). The number of hydrogen-bond acceptors (Lipinski definition) is 3. The lowest BCUT2D eigenvalue weighted by molar-refractivity contribution is -0.133. The fourth-order valence-electron chi connectivity index (χ4n) is 2.60. The summed E-state index contributed by atoms with van der Waals surface area (Å²) < 4.78 is 0. The van der Waals surface area contributed by atoms with Crippen molar-refractivity contribution in [2.75, 3.05) is 32.4 Å². The number of halogens is 1. The monoisotopic (exact) mass is 328 g/mol. The standard InChI is InChI=1S/C16H24N2OS.ClH/c1-13(10-17-2)16(19)18-9-8-14(11-18)12-20-15-6-4-3-5-7-15;/h3-7,13-14,17H,8-12H2,1-2H3;1H. The summed E-state index contributed by atoms with van der Waals surface area (Å²) in [6.45, 7) is 4.61. The molecule has 0 spiro atoms. The van der Waals surface area contributed by atoms with E-state index >= 15 is 0 Å². The number of carbonyl (C=O) groups is 1. The fourth-order valence-corrected chi connectivity index (χ4v) is 3.65. The maximum atomic E-state index is 12.2. The van der Waals surface area contributed by atoms with Gasteiger partial charge in [-0.1, -0.05) is 25.1 Å². The highest BCUT2D eigenvalue weighted by molar-refractivity contribution is 7.99. The van der Waals surface area contributed by atoms with Crippen LogP contribution in [0.5, 0.6) is 0 Å². The second-order valence-corrected chi connectivity index (χ2v) is 6.62. The number of likely N-dealkylation sites (tertiary alicyclic amines) is 1. The zero-order valence-electron chi connectivity index (χ0n) is 12.7. The van der Waals surface area contributed by atoms with Crippen molar-refractivity contribution in [2.45, 2.75) is 18.2 Å². The van der Waals surface area contributed by atoms with Crippen LogP contribution < -0.4 is 5.32 Å². The molecule has 1 aliphatic heterocycles. The molecule has 2 unspecified atom stereocenters. The summed E-state index contributed by atoms with van der Waals surface area (Å²) in [7, 11) is 1.90. The van der Waals surface area contributed by atoms with Crippen molar-refractivity contribution in [1.82, 2.24) is 10.2 Å². The first-order chi connectivity index (χ1) is 9.70. The second kappa shape index (κ2) is 9.34. The Labute approximate surface area is 138 Å². The van der Waals surface area contributed by atoms with Crippen LogP contribution in [-0.4, -0.2) is 43.2 Å². The van der Waals surface area contributed by atoms with E-state index < -0.39 is 0 Å². The van der Waals surface area contributed by atoms with E-state index in [-0.39, 0.29) is 18.3 Å². The van der Waals surface area contributed by atoms with Gasteiger partial charge in [0.25, 0.3) is 0 Å². The smallest absolute Gasteiger partial charge is 0.226 e. The predicted molar refractivity (Wildman–Crippen MR) is 92.2 cm³/mol. The van der Waals surface area contributed by atoms with Gasteiger partial charge in [-0.3, -0.25) is 4.79 Å². The maximum absolute atomic E-state index is 12.2. The largest absolute Gasteiger partial charge is 0.342 e. The molecule has 1 heterocycles. The molecule has 118 valence electrons. The summed E-state index contributed by atoms with van der Waals surface area (Å²) in [5, 5.41) is 3.08. The highest BCUT2D eigenvalue weighted by atomic mass is 35.5. The Hall–Kier alpha value is -0.710. The number of hydrogen-bond donors (Lipinski definition) is 1. The normalized spacial score (nSPS) is 19.1. The van der Waals surface area contributed by atoms with Gasteiger partial charge in [0.15, 0.2) is 0 Å². The highest BCUT2D eigenvalue weighted by Crippen LogP contribution is 2.26. The molecule has 1 aromatic carbocycles. The molecule has 3 nitrogen and oxygen atoms in total. The van der Waals surface area contributed by atoms with Gasteiger partial charge in [-0.25, -0.2) is 0 Å². The van der Waals surface area contributed by atoms with Crippen molar-refractivity contribution in [3.05, 3.63) is 30.3 Å². The van der Waals surface area contributed by atoms with Crippen LogP contribution in [-0.2, 0) is 4.79 Å². The molecule has 0 aromatic heterocycles. The Morgan fingerprint density at radius 3 is 2.81 bits per heavy atom. The third-order valence-electron chi connectivity index (χ3n) is 3.76. The number of nitrogens with one attached hydrogen (secondary N) is 1. The number of amides is 1. The summed E-state index contributed by atoms with van der Waals surface area (Å²) >= 11 is 1.90. The molecule has 2 atom stereocenters. The van der Waals surface area contributed by atoms with Gasteiger partial charge < -0.3 is 10.2 Å². The molecule has 1 fully saturated rings. The van der Waals surface area contributed by atoms with E-state index in [1.165, 1.54) is 4.90 Å². The van der Waals surface area contributed by atoms with Crippen molar-refractivity contribution in [1.29, 1.82) is 0 Å². The SMILES string of the molecule is CNCC(C)C(=O)N1CCC(CSc2ccccc2)C1.Cl. The van der Waals surface area contributed by atoms with Gasteiger partial charge in [0.1, 0.15) is 0 Å². The lowest BCUT2D eigenvalue weighted by Crippen LogP contribution is -2.37. The number of rotatable bonds is 6. The maximum Gasteiger partial charge on any atom is 0.226 e. The Balaban J connectivity index is 0.00000220. The highest BCUT2D eigenvalue weighted by Gasteiger charge is 2.28. The number of nitrogens with zero attached hydrogens (tertiary/aromatic N) is 1. The Bertz CT molecular complexity index is 430. The van der Waals surface area contributed by atoms with Gasteiger partial charge in [-0.2, -0.15) is 0 Å². The first kappa shape index (κ1) is 18.3. The van der Waals surface area contributed by atoms with Crippen LogP contribution in [0.1, 0.15) is 13.3 Å². The van der Waals surface area contributed by atoms with E-state index in [2.05, 4.69) is 29.6 Å². The van der Waals surface area contributed by atoms with Gasteiger partial charge >= 0.3 is 0 Å². The van der Waals surface area contributed by atoms with Crippen molar-refractivity contribution in [2.24, 2.45) is 11.8 Å². The van der Waals surface area contributed by atoms with Gasteiger partial charge in [0.05, 0.1) is 0 Å². The molecule has 21 heavy (non-hydrogen) atoms. The van der Waals surface area contributed by atoms with E-state index in [1.54, 1.807) is 0 Å². The van der Waals surface area contributed by atoms with Gasteiger partial charge in [0, 0.05) is 36.2 Å². The minimum Gasteiger partial charge on any atom is -0.342 e. The van der Waals surface area contributed by atoms with Crippen molar-refractivity contribution < 1.29 is 4.79 Å². The van der Waals surface area contributed by atoms with Gasteiger partial charge in [0.2, 0.25) is 5.91 Å². The summed E-state index contributed by atoms with van der Waals surface area (Å²) in [6, 6.07) is 10.5. The Morgan fingerprint density at radius 2 is 2.14 bits per heavy atom. The van der Waals surface area contributed by atoms with E-state index in [4.69, 9.17) is 0 Å². The van der Waals surface area contributed by atoms with Crippen LogP contribution in [0.25, 0.3) is 0 Å². The minimum absolute atomic E-state index is 0. The predicted octanol–water partition coefficient (Wildman–Crippen LogP) is 2.90. The van der Waals surface area contributed by atoms with Crippen LogP contribution in [0.3, 0.4) is 0 Å². The summed E-state index contributed by atoms with van der Waals surface area (Å²) in [6.07, 6.45) is 1.14. The first-order valence-electron chi connectivity index (χ1n) is 7.32. The molecule has 1 N–H and O–H groups in total. The van der Waals surface area contributed by atoms with E-state index in [9.17, 15) is 4.79 Å². The van der Waals surface area contributed by atoms with Crippen LogP contribution in [0.2, 0.25) is 0 Å². The molecule has 0 saturated carbocycles. The number of carbonyl (C=O) groups excluding carboxylic acids is 1. The lowest BCUT2D eigenvalue weighted by Gasteiger charge is -2.20. The molecule has 1 aromatic rings. The van der Waals surface area contributed by atoms with Crippen LogP contribution >= 0.6 is 24.2 Å². The molecule has 5 heteroatoms. The zero-order valence-corrected chi connectivity index (χ0v) is 14.4. The van der Waals surface area contributed by atoms with E-state index in [0.717, 1.165) is 31.8 Å². The average molecular weight is 329 g/mol. The van der Waals surface area contributed by atoms with E-state index in [1.807, 2.05) is 36.7 Å². The van der Waals surface area contributed by atoms with Crippen molar-refractivity contribution in [3.63, 3.8) is 0 Å². The number of benzene rings is 1. The molecule has 1 aliphatic rings. The molecular formula is C16H25ClN2OS. The summed E-state index contributed by atoms with van der Waals surface area (Å²) in [5.41, 5.74) is 0. The first-order valence-corrected chi connectivity index (χ1v) is 8.30. The topological polar surface area (TPSA) is 32.3 Å².